The zero-order valence-corrected chi connectivity index (χ0v) is 11.0. The molecule has 1 fully saturated rings. The normalized spacial score (nSPS) is 15.0. The summed E-state index contributed by atoms with van der Waals surface area (Å²) in [5.41, 5.74) is 2.71. The zero-order chi connectivity index (χ0) is 11.5. The molecule has 0 bridgehead atoms. The summed E-state index contributed by atoms with van der Waals surface area (Å²) in [6.45, 7) is 7.70. The first-order valence-corrected chi connectivity index (χ1v) is 5.56. The molecule has 2 heterocycles. The van der Waals surface area contributed by atoms with Crippen LogP contribution in [-0.4, -0.2) is 31.2 Å². The van der Waals surface area contributed by atoms with Crippen molar-refractivity contribution in [3.63, 3.8) is 0 Å². The van der Waals surface area contributed by atoms with Crippen LogP contribution in [0, 0.1) is 25.2 Å². The Hall–Kier alpha value is -1.31. The highest BCUT2D eigenvalue weighted by molar-refractivity contribution is 5.85. The Morgan fingerprint density at radius 2 is 2.00 bits per heavy atom. The molecule has 0 saturated carbocycles. The monoisotopic (exact) mass is 252 g/mol. The molecule has 1 N–H and O–H groups in total. The third kappa shape index (κ3) is 2.87. The number of pyridine rings is 1. The molecule has 0 amide bonds. The first kappa shape index (κ1) is 13.8. The Kier molecular flexibility index (Phi) is 4.73. The van der Waals surface area contributed by atoms with Crippen LogP contribution in [0.3, 0.4) is 0 Å². The molecule has 2 rings (SSSR count). The fourth-order valence-electron chi connectivity index (χ4n) is 2.06. The summed E-state index contributed by atoms with van der Waals surface area (Å²) in [6.07, 6.45) is 0. The Morgan fingerprint density at radius 3 is 2.59 bits per heavy atom. The molecular formula is C12H17ClN4. The van der Waals surface area contributed by atoms with Gasteiger partial charge < -0.3 is 10.2 Å². The number of hydrogen-bond donors (Lipinski definition) is 1. The number of halogens is 1. The van der Waals surface area contributed by atoms with E-state index in [2.05, 4.69) is 21.3 Å². The van der Waals surface area contributed by atoms with Crippen molar-refractivity contribution >= 4 is 18.2 Å². The lowest BCUT2D eigenvalue weighted by Gasteiger charge is -2.29. The summed E-state index contributed by atoms with van der Waals surface area (Å²) in [5, 5.41) is 12.5. The van der Waals surface area contributed by atoms with Crippen LogP contribution in [0.15, 0.2) is 6.07 Å². The first-order chi connectivity index (χ1) is 7.72. The zero-order valence-electron chi connectivity index (χ0n) is 10.2. The Bertz CT molecular complexity index is 433. The highest BCUT2D eigenvalue weighted by atomic mass is 35.5. The van der Waals surface area contributed by atoms with Crippen molar-refractivity contribution in [2.75, 3.05) is 31.1 Å². The molecular weight excluding hydrogens is 236 g/mol. The van der Waals surface area contributed by atoms with Gasteiger partial charge in [-0.2, -0.15) is 5.26 Å². The van der Waals surface area contributed by atoms with Gasteiger partial charge >= 0.3 is 0 Å². The van der Waals surface area contributed by atoms with Gasteiger partial charge in [0.25, 0.3) is 0 Å². The van der Waals surface area contributed by atoms with Crippen LogP contribution < -0.4 is 10.2 Å². The van der Waals surface area contributed by atoms with Gasteiger partial charge in [0.15, 0.2) is 0 Å². The minimum Gasteiger partial charge on any atom is -0.353 e. The Balaban J connectivity index is 0.00000144. The molecule has 0 aliphatic carbocycles. The Morgan fingerprint density at radius 1 is 1.35 bits per heavy atom. The van der Waals surface area contributed by atoms with Gasteiger partial charge in [0.05, 0.1) is 5.56 Å². The van der Waals surface area contributed by atoms with Crippen LogP contribution in [0.25, 0.3) is 0 Å². The third-order valence-corrected chi connectivity index (χ3v) is 2.85. The maximum atomic E-state index is 9.19. The first-order valence-electron chi connectivity index (χ1n) is 5.56. The number of anilines is 1. The smallest absolute Gasteiger partial charge is 0.147 e. The summed E-state index contributed by atoms with van der Waals surface area (Å²) in [4.78, 5) is 6.69. The summed E-state index contributed by atoms with van der Waals surface area (Å²) in [5.74, 6) is 0.849. The van der Waals surface area contributed by atoms with Crippen LogP contribution in [0.4, 0.5) is 5.82 Å². The highest BCUT2D eigenvalue weighted by Gasteiger charge is 2.17. The number of aromatic nitrogens is 1. The van der Waals surface area contributed by atoms with E-state index in [1.165, 1.54) is 0 Å². The fourth-order valence-corrected chi connectivity index (χ4v) is 2.06. The number of nitrogens with zero attached hydrogens (tertiary/aromatic N) is 3. The summed E-state index contributed by atoms with van der Waals surface area (Å²) in [7, 11) is 0. The van der Waals surface area contributed by atoms with Gasteiger partial charge in [-0.1, -0.05) is 0 Å². The quantitative estimate of drug-likeness (QED) is 0.821. The van der Waals surface area contributed by atoms with Gasteiger partial charge in [-0.05, 0) is 25.5 Å². The molecule has 0 radical (unpaired) electrons. The number of piperazine rings is 1. The van der Waals surface area contributed by atoms with Crippen molar-refractivity contribution in [2.45, 2.75) is 13.8 Å². The topological polar surface area (TPSA) is 52.0 Å². The van der Waals surface area contributed by atoms with Gasteiger partial charge in [-0.25, -0.2) is 4.98 Å². The van der Waals surface area contributed by atoms with Crippen LogP contribution >= 0.6 is 12.4 Å². The molecule has 0 spiro atoms. The molecule has 4 nitrogen and oxygen atoms in total. The molecule has 0 aromatic carbocycles. The predicted molar refractivity (Wildman–Crippen MR) is 70.8 cm³/mol. The van der Waals surface area contributed by atoms with Gasteiger partial charge in [-0.15, -0.1) is 12.4 Å². The molecule has 92 valence electrons. The van der Waals surface area contributed by atoms with Crippen LogP contribution in [0.2, 0.25) is 0 Å². The maximum Gasteiger partial charge on any atom is 0.147 e. The SMILES string of the molecule is Cc1cc(C)c(C#N)c(N2CCNCC2)n1.Cl. The minimum atomic E-state index is 0. The summed E-state index contributed by atoms with van der Waals surface area (Å²) < 4.78 is 0. The number of aryl methyl sites for hydroxylation is 2. The second-order valence-electron chi connectivity index (χ2n) is 4.13. The predicted octanol–water partition coefficient (Wildman–Crippen LogP) is 1.40. The van der Waals surface area contributed by atoms with Crippen LogP contribution in [0.1, 0.15) is 16.8 Å². The van der Waals surface area contributed by atoms with E-state index in [1.807, 2.05) is 19.9 Å². The molecule has 17 heavy (non-hydrogen) atoms. The van der Waals surface area contributed by atoms with Gasteiger partial charge in [-0.3, -0.25) is 0 Å². The highest BCUT2D eigenvalue weighted by Crippen LogP contribution is 2.21. The lowest BCUT2D eigenvalue weighted by molar-refractivity contribution is 0.584. The van der Waals surface area contributed by atoms with E-state index in [1.54, 1.807) is 0 Å². The average Bonchev–Trinajstić information content (AvgIpc) is 2.29. The van der Waals surface area contributed by atoms with Crippen LogP contribution in [-0.2, 0) is 0 Å². The van der Waals surface area contributed by atoms with E-state index >= 15 is 0 Å². The van der Waals surface area contributed by atoms with Gasteiger partial charge in [0.1, 0.15) is 11.9 Å². The average molecular weight is 253 g/mol. The van der Waals surface area contributed by atoms with E-state index in [0.717, 1.165) is 43.3 Å². The molecule has 1 aromatic rings. The summed E-state index contributed by atoms with van der Waals surface area (Å²) in [6, 6.07) is 4.23. The molecule has 1 saturated heterocycles. The van der Waals surface area contributed by atoms with Crippen LogP contribution in [0.5, 0.6) is 0 Å². The molecule has 0 unspecified atom stereocenters. The molecule has 1 aliphatic heterocycles. The molecule has 1 aromatic heterocycles. The van der Waals surface area contributed by atoms with E-state index in [-0.39, 0.29) is 12.4 Å². The third-order valence-electron chi connectivity index (χ3n) is 2.85. The summed E-state index contributed by atoms with van der Waals surface area (Å²) >= 11 is 0. The minimum absolute atomic E-state index is 0. The fraction of sp³-hybridized carbons (Fsp3) is 0.500. The van der Waals surface area contributed by atoms with Crippen molar-refractivity contribution in [2.24, 2.45) is 0 Å². The van der Waals surface area contributed by atoms with Crippen molar-refractivity contribution in [1.82, 2.24) is 10.3 Å². The van der Waals surface area contributed by atoms with Crippen molar-refractivity contribution in [3.05, 3.63) is 22.9 Å². The molecule has 5 heteroatoms. The van der Waals surface area contributed by atoms with Crippen molar-refractivity contribution in [1.29, 1.82) is 5.26 Å². The van der Waals surface area contributed by atoms with E-state index in [0.29, 0.717) is 5.56 Å². The Labute approximate surface area is 108 Å². The van der Waals surface area contributed by atoms with Gasteiger partial charge in [0.2, 0.25) is 0 Å². The van der Waals surface area contributed by atoms with Crippen molar-refractivity contribution in [3.8, 4) is 6.07 Å². The largest absolute Gasteiger partial charge is 0.353 e. The lowest BCUT2D eigenvalue weighted by Crippen LogP contribution is -2.44. The molecule has 1 aliphatic rings. The van der Waals surface area contributed by atoms with E-state index < -0.39 is 0 Å². The second kappa shape index (κ2) is 5.85. The maximum absolute atomic E-state index is 9.19. The standard InChI is InChI=1S/C12H16N4.ClH/c1-9-7-10(2)15-12(11(9)8-13)16-5-3-14-4-6-16;/h7,14H,3-6H2,1-2H3;1H. The second-order valence-corrected chi connectivity index (χ2v) is 4.13. The number of nitrogens with one attached hydrogen (secondary N) is 1. The van der Waals surface area contributed by atoms with E-state index in [4.69, 9.17) is 0 Å². The molecule has 0 atom stereocenters. The lowest BCUT2D eigenvalue weighted by atomic mass is 10.1. The number of rotatable bonds is 1. The van der Waals surface area contributed by atoms with E-state index in [9.17, 15) is 5.26 Å². The number of hydrogen-bond acceptors (Lipinski definition) is 4. The number of nitriles is 1. The van der Waals surface area contributed by atoms with Gasteiger partial charge in [0, 0.05) is 31.9 Å². The van der Waals surface area contributed by atoms with Crippen molar-refractivity contribution < 1.29 is 0 Å².